The maximum Gasteiger partial charge on any atom is 0.248 e. The minimum absolute atomic E-state index is 0.0302. The van der Waals surface area contributed by atoms with Crippen LogP contribution in [0.15, 0.2) is 21.8 Å². The van der Waals surface area contributed by atoms with Gasteiger partial charge in [-0.2, -0.15) is 4.31 Å². The number of nitrogens with zero attached hydrogens (tertiary/aromatic N) is 4. The number of sulfonamides is 1. The molecule has 9 nitrogen and oxygen atoms in total. The van der Waals surface area contributed by atoms with Crippen LogP contribution in [0.3, 0.4) is 0 Å². The third-order valence-electron chi connectivity index (χ3n) is 4.39. The molecule has 0 aromatic carbocycles. The average molecular weight is 367 g/mol. The molecular weight excluding hydrogens is 346 g/mol. The van der Waals surface area contributed by atoms with E-state index in [1.165, 1.54) is 4.31 Å². The number of piperidine rings is 1. The Balaban J connectivity index is 1.87. The van der Waals surface area contributed by atoms with Gasteiger partial charge in [-0.3, -0.25) is 4.79 Å². The van der Waals surface area contributed by atoms with Crippen LogP contribution >= 0.6 is 0 Å². The van der Waals surface area contributed by atoms with Crippen LogP contribution in [-0.2, 0) is 21.4 Å². The first-order chi connectivity index (χ1) is 11.8. The maximum absolute atomic E-state index is 13.0. The molecule has 1 fully saturated rings. The smallest absolute Gasteiger partial charge is 0.248 e. The number of amides is 1. The monoisotopic (exact) mass is 367 g/mol. The van der Waals surface area contributed by atoms with Crippen LogP contribution in [0.25, 0.3) is 0 Å². The van der Waals surface area contributed by atoms with E-state index in [-0.39, 0.29) is 23.1 Å². The molecular formula is C15H21N5O4S. The Morgan fingerprint density at radius 3 is 2.84 bits per heavy atom. The lowest BCUT2D eigenvalue weighted by Gasteiger charge is -2.31. The van der Waals surface area contributed by atoms with E-state index in [0.717, 1.165) is 6.42 Å². The van der Waals surface area contributed by atoms with Crippen molar-refractivity contribution in [3.05, 3.63) is 29.7 Å². The molecule has 3 heterocycles. The highest BCUT2D eigenvalue weighted by molar-refractivity contribution is 7.89. The summed E-state index contributed by atoms with van der Waals surface area (Å²) in [5.74, 6) is 0.404. The van der Waals surface area contributed by atoms with Gasteiger partial charge < -0.3 is 14.8 Å². The van der Waals surface area contributed by atoms with Crippen LogP contribution in [-0.4, -0.2) is 46.4 Å². The van der Waals surface area contributed by atoms with Crippen LogP contribution in [0.2, 0.25) is 0 Å². The van der Waals surface area contributed by atoms with Gasteiger partial charge in [0, 0.05) is 31.4 Å². The van der Waals surface area contributed by atoms with Gasteiger partial charge in [-0.05, 0) is 26.7 Å². The van der Waals surface area contributed by atoms with Crippen molar-refractivity contribution in [1.82, 2.24) is 19.0 Å². The normalized spacial score (nSPS) is 19.2. The fourth-order valence-corrected chi connectivity index (χ4v) is 5.14. The predicted molar refractivity (Wildman–Crippen MR) is 88.1 cm³/mol. The summed E-state index contributed by atoms with van der Waals surface area (Å²) in [5.41, 5.74) is 5.62. The van der Waals surface area contributed by atoms with E-state index in [2.05, 4.69) is 10.1 Å². The third kappa shape index (κ3) is 3.31. The van der Waals surface area contributed by atoms with Gasteiger partial charge in [-0.25, -0.2) is 13.4 Å². The number of carbonyl (C=O) groups excluding carboxylic acids is 1. The highest BCUT2D eigenvalue weighted by Crippen LogP contribution is 2.31. The number of imidazole rings is 1. The van der Waals surface area contributed by atoms with E-state index < -0.39 is 15.9 Å². The molecule has 136 valence electrons. The summed E-state index contributed by atoms with van der Waals surface area (Å²) in [7, 11) is -3.69. The summed E-state index contributed by atoms with van der Waals surface area (Å²) in [6.07, 6.45) is 4.78. The lowest BCUT2D eigenvalue weighted by Crippen LogP contribution is -2.40. The van der Waals surface area contributed by atoms with Crippen molar-refractivity contribution in [1.29, 1.82) is 0 Å². The topological polar surface area (TPSA) is 124 Å². The lowest BCUT2D eigenvalue weighted by atomic mass is 9.99. The number of nitrogens with two attached hydrogens (primary N) is 1. The number of hydrogen-bond acceptors (Lipinski definition) is 6. The largest absolute Gasteiger partial charge is 0.368 e. The van der Waals surface area contributed by atoms with Gasteiger partial charge in [0.15, 0.2) is 5.76 Å². The molecule has 1 aliphatic heterocycles. The molecule has 10 heteroatoms. The molecule has 0 saturated carbocycles. The minimum Gasteiger partial charge on any atom is -0.368 e. The van der Waals surface area contributed by atoms with Crippen molar-refractivity contribution in [3.8, 4) is 0 Å². The molecule has 1 atom stereocenters. The van der Waals surface area contributed by atoms with E-state index in [9.17, 15) is 13.2 Å². The van der Waals surface area contributed by atoms with E-state index in [1.54, 1.807) is 30.8 Å². The predicted octanol–water partition coefficient (Wildman–Crippen LogP) is 0.542. The molecule has 0 bridgehead atoms. The molecule has 0 aliphatic carbocycles. The molecule has 1 amide bonds. The molecule has 2 N–H and O–H groups in total. The van der Waals surface area contributed by atoms with Crippen molar-refractivity contribution in [2.45, 2.75) is 44.0 Å². The molecule has 0 spiro atoms. The highest BCUT2D eigenvalue weighted by Gasteiger charge is 2.36. The number of hydrogen-bond donors (Lipinski definition) is 1. The number of carbonyl (C=O) groups is 1. The average Bonchev–Trinajstić information content (AvgIpc) is 3.13. The number of aromatic nitrogens is 3. The van der Waals surface area contributed by atoms with Gasteiger partial charge in [0.2, 0.25) is 15.9 Å². The van der Waals surface area contributed by atoms with E-state index in [1.807, 2.05) is 0 Å². The summed E-state index contributed by atoms with van der Waals surface area (Å²) < 4.78 is 34.1. The second-order valence-corrected chi connectivity index (χ2v) is 8.11. The van der Waals surface area contributed by atoms with Gasteiger partial charge in [0.05, 0.1) is 0 Å². The fraction of sp³-hybridized carbons (Fsp3) is 0.533. The highest BCUT2D eigenvalue weighted by atomic mass is 32.2. The summed E-state index contributed by atoms with van der Waals surface area (Å²) in [6.45, 7) is 3.96. The molecule has 2 aromatic rings. The molecule has 25 heavy (non-hydrogen) atoms. The van der Waals surface area contributed by atoms with Crippen LogP contribution in [0.1, 0.15) is 36.0 Å². The van der Waals surface area contributed by atoms with Crippen LogP contribution in [0.5, 0.6) is 0 Å². The molecule has 1 saturated heterocycles. The third-order valence-corrected chi connectivity index (χ3v) is 6.50. The summed E-state index contributed by atoms with van der Waals surface area (Å²) in [4.78, 5) is 15.6. The molecule has 2 aromatic heterocycles. The lowest BCUT2D eigenvalue weighted by molar-refractivity contribution is -0.118. The van der Waals surface area contributed by atoms with Crippen LogP contribution < -0.4 is 5.73 Å². The van der Waals surface area contributed by atoms with Crippen LogP contribution in [0.4, 0.5) is 0 Å². The number of primary amides is 1. The van der Waals surface area contributed by atoms with E-state index in [0.29, 0.717) is 31.0 Å². The van der Waals surface area contributed by atoms with Crippen LogP contribution in [0, 0.1) is 13.8 Å². The Bertz CT molecular complexity index is 866. The Kier molecular flexibility index (Phi) is 4.65. The van der Waals surface area contributed by atoms with Gasteiger partial charge in [0.1, 0.15) is 23.0 Å². The Labute approximate surface area is 145 Å². The van der Waals surface area contributed by atoms with E-state index in [4.69, 9.17) is 10.3 Å². The minimum atomic E-state index is -3.69. The Hall–Kier alpha value is -2.20. The van der Waals surface area contributed by atoms with Crippen molar-refractivity contribution >= 4 is 15.9 Å². The second kappa shape index (κ2) is 6.60. The number of aryl methyl sites for hydroxylation is 2. The van der Waals surface area contributed by atoms with Gasteiger partial charge in [-0.1, -0.05) is 5.16 Å². The van der Waals surface area contributed by atoms with E-state index >= 15 is 0 Å². The molecule has 0 radical (unpaired) electrons. The van der Waals surface area contributed by atoms with Gasteiger partial charge in [-0.15, -0.1) is 0 Å². The maximum atomic E-state index is 13.0. The zero-order valence-corrected chi connectivity index (χ0v) is 15.0. The summed E-state index contributed by atoms with van der Waals surface area (Å²) >= 11 is 0. The zero-order chi connectivity index (χ0) is 18.2. The number of rotatable bonds is 5. The van der Waals surface area contributed by atoms with Crippen molar-refractivity contribution < 1.29 is 17.7 Å². The van der Waals surface area contributed by atoms with Crippen molar-refractivity contribution in [3.63, 3.8) is 0 Å². The molecule has 0 unspecified atom stereocenters. The quantitative estimate of drug-likeness (QED) is 0.822. The molecule has 1 aliphatic rings. The zero-order valence-electron chi connectivity index (χ0n) is 14.2. The summed E-state index contributed by atoms with van der Waals surface area (Å²) in [5, 5.41) is 3.74. The Morgan fingerprint density at radius 2 is 2.20 bits per heavy atom. The van der Waals surface area contributed by atoms with Crippen molar-refractivity contribution in [2.75, 3.05) is 13.1 Å². The SMILES string of the molecule is Cc1noc(C)c1S(=O)(=O)N1CCC[C@H](c2nccn2CC(N)=O)C1. The first-order valence-corrected chi connectivity index (χ1v) is 9.47. The summed E-state index contributed by atoms with van der Waals surface area (Å²) in [6, 6.07) is 0. The van der Waals surface area contributed by atoms with Gasteiger partial charge >= 0.3 is 0 Å². The van der Waals surface area contributed by atoms with Gasteiger partial charge in [0.25, 0.3) is 0 Å². The second-order valence-electron chi connectivity index (χ2n) is 6.24. The molecule has 3 rings (SSSR count). The fourth-order valence-electron chi connectivity index (χ4n) is 3.33. The standard InChI is InChI=1S/C15H21N5O4S/c1-10-14(11(2)24-18-10)25(22,23)20-6-3-4-12(8-20)15-17-5-7-19(15)9-13(16)21/h5,7,12H,3-4,6,8-9H2,1-2H3,(H2,16,21)/t12-/m0/s1. The Morgan fingerprint density at radius 1 is 1.44 bits per heavy atom. The van der Waals surface area contributed by atoms with Crippen molar-refractivity contribution in [2.24, 2.45) is 5.73 Å². The first-order valence-electron chi connectivity index (χ1n) is 8.03. The first kappa shape index (κ1) is 17.6.